The second kappa shape index (κ2) is 15.2. The van der Waals surface area contributed by atoms with E-state index in [1.165, 1.54) is 17.0 Å². The molecule has 0 aromatic heterocycles. The molecule has 4 aromatic rings. The van der Waals surface area contributed by atoms with Gasteiger partial charge < -0.3 is 10.2 Å². The predicted molar refractivity (Wildman–Crippen MR) is 179 cm³/mol. The van der Waals surface area contributed by atoms with Crippen LogP contribution < -0.4 is 9.62 Å². The monoisotopic (exact) mass is 675 g/mol. The van der Waals surface area contributed by atoms with Crippen molar-refractivity contribution in [2.45, 2.75) is 57.1 Å². The molecule has 230 valence electrons. The van der Waals surface area contributed by atoms with Crippen molar-refractivity contribution >= 4 is 43.5 Å². The summed E-state index contributed by atoms with van der Waals surface area (Å²) in [4.78, 5) is 30.0. The smallest absolute Gasteiger partial charge is 0.264 e. The molecule has 0 fully saturated rings. The Morgan fingerprint density at radius 1 is 0.864 bits per heavy atom. The van der Waals surface area contributed by atoms with Gasteiger partial charge in [0.1, 0.15) is 12.6 Å². The van der Waals surface area contributed by atoms with Gasteiger partial charge in [-0.15, -0.1) is 0 Å². The molecule has 0 aliphatic heterocycles. The number of rotatable bonds is 13. The maximum atomic E-state index is 14.5. The molecule has 0 saturated carbocycles. The molecule has 9 heteroatoms. The molecule has 4 rings (SSSR count). The Bertz CT molecular complexity index is 1670. The molecule has 4 aromatic carbocycles. The number of benzene rings is 4. The summed E-state index contributed by atoms with van der Waals surface area (Å²) >= 11 is 3.44. The molecule has 0 heterocycles. The van der Waals surface area contributed by atoms with Crippen molar-refractivity contribution in [1.29, 1.82) is 0 Å². The van der Waals surface area contributed by atoms with Gasteiger partial charge in [0.05, 0.1) is 10.6 Å². The molecule has 7 nitrogen and oxygen atoms in total. The van der Waals surface area contributed by atoms with Crippen molar-refractivity contribution in [3.63, 3.8) is 0 Å². The maximum Gasteiger partial charge on any atom is 0.264 e. The molecule has 44 heavy (non-hydrogen) atoms. The minimum absolute atomic E-state index is 0.0635. The Hall–Kier alpha value is -3.95. The average molecular weight is 677 g/mol. The van der Waals surface area contributed by atoms with Crippen molar-refractivity contribution in [2.75, 3.05) is 10.8 Å². The van der Waals surface area contributed by atoms with E-state index in [9.17, 15) is 18.0 Å². The van der Waals surface area contributed by atoms with E-state index in [1.54, 1.807) is 42.5 Å². The number of carbonyl (C=O) groups excluding carboxylic acids is 2. The molecular weight excluding hydrogens is 638 g/mol. The van der Waals surface area contributed by atoms with Crippen molar-refractivity contribution in [1.82, 2.24) is 10.2 Å². The number of nitrogens with zero attached hydrogens (tertiary/aromatic N) is 2. The number of halogens is 1. The molecule has 0 bridgehead atoms. The highest BCUT2D eigenvalue weighted by atomic mass is 79.9. The van der Waals surface area contributed by atoms with Crippen LogP contribution in [0.1, 0.15) is 37.0 Å². The van der Waals surface area contributed by atoms with Gasteiger partial charge in [0.25, 0.3) is 10.0 Å². The zero-order valence-corrected chi connectivity index (χ0v) is 27.6. The van der Waals surface area contributed by atoms with Crippen LogP contribution in [0.5, 0.6) is 0 Å². The summed E-state index contributed by atoms with van der Waals surface area (Å²) in [5.74, 6) is -0.780. The zero-order chi connectivity index (χ0) is 31.7. The normalized spacial score (nSPS) is 12.6. The van der Waals surface area contributed by atoms with E-state index >= 15 is 0 Å². The van der Waals surface area contributed by atoms with Crippen LogP contribution in [0.15, 0.2) is 119 Å². The standard InChI is InChI=1S/C35H38BrN3O4S/c1-4-27(3)37-35(41)33(22-28-15-7-5-8-16-28)38(24-29-17-12-11-14-26(29)2)34(40)25-39(31-19-13-18-30(36)23-31)44(42,43)32-20-9-6-10-21-32/h5-21,23,27,33H,4,22,24-25H2,1-3H3,(H,37,41)/t27-,33-/m0/s1. The van der Waals surface area contributed by atoms with Gasteiger partial charge in [0.2, 0.25) is 11.8 Å². The second-order valence-electron chi connectivity index (χ2n) is 10.8. The first kappa shape index (κ1) is 33.0. The Labute approximate surface area is 269 Å². The summed E-state index contributed by atoms with van der Waals surface area (Å²) in [6.07, 6.45) is 0.991. The Balaban J connectivity index is 1.81. The number of aryl methyl sites for hydroxylation is 1. The number of hydrogen-bond acceptors (Lipinski definition) is 4. The quantitative estimate of drug-likeness (QED) is 0.175. The largest absolute Gasteiger partial charge is 0.352 e. The van der Waals surface area contributed by atoms with Crippen LogP contribution in [0, 0.1) is 6.92 Å². The molecule has 0 saturated heterocycles. The van der Waals surface area contributed by atoms with Crippen molar-refractivity contribution in [3.05, 3.63) is 130 Å². The predicted octanol–water partition coefficient (Wildman–Crippen LogP) is 6.51. The van der Waals surface area contributed by atoms with Gasteiger partial charge in [0, 0.05) is 23.5 Å². The summed E-state index contributed by atoms with van der Waals surface area (Å²) in [5.41, 5.74) is 3.05. The number of hydrogen-bond donors (Lipinski definition) is 1. The molecule has 0 unspecified atom stereocenters. The number of anilines is 1. The van der Waals surface area contributed by atoms with E-state index in [4.69, 9.17) is 0 Å². The van der Waals surface area contributed by atoms with E-state index in [1.807, 2.05) is 75.4 Å². The van der Waals surface area contributed by atoms with E-state index in [2.05, 4.69) is 21.2 Å². The third-order valence-electron chi connectivity index (χ3n) is 7.58. The summed E-state index contributed by atoms with van der Waals surface area (Å²) in [6, 6.07) is 31.1. The average Bonchev–Trinajstić information content (AvgIpc) is 3.03. The highest BCUT2D eigenvalue weighted by Gasteiger charge is 2.35. The molecule has 2 atom stereocenters. The highest BCUT2D eigenvalue weighted by Crippen LogP contribution is 2.27. The van der Waals surface area contributed by atoms with Crippen LogP contribution in [-0.2, 0) is 32.6 Å². The fourth-order valence-electron chi connectivity index (χ4n) is 4.85. The van der Waals surface area contributed by atoms with Gasteiger partial charge in [-0.1, -0.05) is 102 Å². The number of nitrogens with one attached hydrogen (secondary N) is 1. The first-order valence-electron chi connectivity index (χ1n) is 14.6. The van der Waals surface area contributed by atoms with Crippen LogP contribution >= 0.6 is 15.9 Å². The van der Waals surface area contributed by atoms with Crippen LogP contribution in [0.4, 0.5) is 5.69 Å². The summed E-state index contributed by atoms with van der Waals surface area (Å²) in [6.45, 7) is 5.50. The Morgan fingerprint density at radius 3 is 2.14 bits per heavy atom. The number of carbonyl (C=O) groups is 2. The van der Waals surface area contributed by atoms with Crippen LogP contribution in [0.25, 0.3) is 0 Å². The van der Waals surface area contributed by atoms with E-state index in [0.717, 1.165) is 27.4 Å². The van der Waals surface area contributed by atoms with E-state index in [0.29, 0.717) is 10.2 Å². The minimum atomic E-state index is -4.14. The van der Waals surface area contributed by atoms with Crippen LogP contribution in [-0.4, -0.2) is 43.8 Å². The molecular formula is C35H38BrN3O4S. The van der Waals surface area contributed by atoms with Crippen molar-refractivity contribution in [3.8, 4) is 0 Å². The third kappa shape index (κ3) is 8.36. The van der Waals surface area contributed by atoms with Gasteiger partial charge in [-0.25, -0.2) is 8.42 Å². The van der Waals surface area contributed by atoms with Crippen molar-refractivity contribution < 1.29 is 18.0 Å². The minimum Gasteiger partial charge on any atom is -0.352 e. The topological polar surface area (TPSA) is 86.8 Å². The lowest BCUT2D eigenvalue weighted by molar-refractivity contribution is -0.140. The molecule has 2 amide bonds. The molecule has 0 radical (unpaired) electrons. The lowest BCUT2D eigenvalue weighted by atomic mass is 10.0. The van der Waals surface area contributed by atoms with Crippen LogP contribution in [0.2, 0.25) is 0 Å². The Kier molecular flexibility index (Phi) is 11.4. The third-order valence-corrected chi connectivity index (χ3v) is 9.86. The lowest BCUT2D eigenvalue weighted by Gasteiger charge is -2.34. The lowest BCUT2D eigenvalue weighted by Crippen LogP contribution is -2.54. The van der Waals surface area contributed by atoms with Crippen molar-refractivity contribution in [2.24, 2.45) is 0 Å². The first-order valence-corrected chi connectivity index (χ1v) is 16.8. The molecule has 0 spiro atoms. The fraction of sp³-hybridized carbons (Fsp3) is 0.257. The van der Waals surface area contributed by atoms with E-state index in [-0.39, 0.29) is 29.8 Å². The van der Waals surface area contributed by atoms with Gasteiger partial charge in [-0.05, 0) is 67.3 Å². The Morgan fingerprint density at radius 2 is 1.50 bits per heavy atom. The summed E-state index contributed by atoms with van der Waals surface area (Å²) < 4.78 is 29.9. The SMILES string of the molecule is CC[C@H](C)NC(=O)[C@H](Cc1ccccc1)N(Cc1ccccc1C)C(=O)CN(c1cccc(Br)c1)S(=O)(=O)c1ccccc1. The van der Waals surface area contributed by atoms with Gasteiger partial charge in [-0.3, -0.25) is 13.9 Å². The number of amides is 2. The maximum absolute atomic E-state index is 14.5. The van der Waals surface area contributed by atoms with E-state index < -0.39 is 28.5 Å². The zero-order valence-electron chi connectivity index (χ0n) is 25.2. The number of sulfonamides is 1. The van der Waals surface area contributed by atoms with Gasteiger partial charge >= 0.3 is 0 Å². The van der Waals surface area contributed by atoms with Gasteiger partial charge in [-0.2, -0.15) is 0 Å². The summed E-state index contributed by atoms with van der Waals surface area (Å²) in [5, 5.41) is 3.06. The van der Waals surface area contributed by atoms with Gasteiger partial charge in [0.15, 0.2) is 0 Å². The molecule has 0 aliphatic rings. The molecule has 1 N–H and O–H groups in total. The molecule has 0 aliphatic carbocycles. The second-order valence-corrected chi connectivity index (χ2v) is 13.6. The summed E-state index contributed by atoms with van der Waals surface area (Å²) in [7, 11) is -4.14. The first-order chi connectivity index (χ1) is 21.1. The fourth-order valence-corrected chi connectivity index (χ4v) is 6.66. The van der Waals surface area contributed by atoms with Crippen LogP contribution in [0.3, 0.4) is 0 Å². The highest BCUT2D eigenvalue weighted by molar-refractivity contribution is 9.10.